The molecule has 176 valence electrons. The van der Waals surface area contributed by atoms with Crippen LogP contribution in [0.15, 0.2) is 42.9 Å². The van der Waals surface area contributed by atoms with Crippen molar-refractivity contribution in [3.63, 3.8) is 0 Å². The highest BCUT2D eigenvalue weighted by molar-refractivity contribution is 6.35. The number of hydrogen-bond acceptors (Lipinski definition) is 6. The lowest BCUT2D eigenvalue weighted by Crippen LogP contribution is -2.67. The predicted molar refractivity (Wildman–Crippen MR) is 132 cm³/mol. The second-order valence-corrected chi connectivity index (χ2v) is 9.47. The molecule has 10 heteroatoms. The number of nitrogens with one attached hydrogen (secondary N) is 1. The molecule has 0 spiro atoms. The Morgan fingerprint density at radius 2 is 1.94 bits per heavy atom. The molecule has 0 aliphatic carbocycles. The number of nitrogens with zero attached hydrogens (tertiary/aromatic N) is 4. The summed E-state index contributed by atoms with van der Waals surface area (Å²) < 4.78 is 21.1. The number of benzene rings is 1. The van der Waals surface area contributed by atoms with Crippen molar-refractivity contribution in [2.75, 3.05) is 18.0 Å². The van der Waals surface area contributed by atoms with Gasteiger partial charge in [-0.25, -0.2) is 9.37 Å². The summed E-state index contributed by atoms with van der Waals surface area (Å²) in [5, 5.41) is 9.01. The minimum atomic E-state index is -0.413. The first kappa shape index (κ1) is 22.8. The van der Waals surface area contributed by atoms with Gasteiger partial charge in [0.25, 0.3) is 0 Å². The number of H-pyrrole nitrogens is 1. The van der Waals surface area contributed by atoms with Gasteiger partial charge in [0.15, 0.2) is 11.6 Å². The minimum Gasteiger partial charge on any atom is -0.486 e. The number of pyridine rings is 2. The normalized spacial score (nSPS) is 15.9. The molecule has 1 aromatic carbocycles. The Kier molecular flexibility index (Phi) is 5.83. The number of halogens is 3. The fourth-order valence-electron chi connectivity index (χ4n) is 4.24. The third-order valence-corrected chi connectivity index (χ3v) is 6.86. The Hall–Kier alpha value is -2.94. The summed E-state index contributed by atoms with van der Waals surface area (Å²) in [5.74, 6) is 0.493. The highest BCUT2D eigenvalue weighted by atomic mass is 35.5. The third-order valence-electron chi connectivity index (χ3n) is 6.25. The molecule has 1 atom stereocenters. The van der Waals surface area contributed by atoms with Gasteiger partial charge in [0.2, 0.25) is 0 Å². The average Bonchev–Trinajstić information content (AvgIpc) is 3.20. The van der Waals surface area contributed by atoms with Crippen LogP contribution in [0, 0.1) is 5.82 Å². The van der Waals surface area contributed by atoms with Crippen molar-refractivity contribution in [3.8, 4) is 17.0 Å². The molecule has 0 saturated carbocycles. The molecule has 3 N–H and O–H groups in total. The summed E-state index contributed by atoms with van der Waals surface area (Å²) >= 11 is 12.5. The molecule has 1 fully saturated rings. The van der Waals surface area contributed by atoms with E-state index in [9.17, 15) is 4.39 Å². The Bertz CT molecular complexity index is 1350. The van der Waals surface area contributed by atoms with E-state index in [1.165, 1.54) is 18.5 Å². The lowest BCUT2D eigenvalue weighted by atomic mass is 9.88. The van der Waals surface area contributed by atoms with Crippen molar-refractivity contribution < 1.29 is 9.13 Å². The second kappa shape index (κ2) is 8.69. The number of aromatic nitrogens is 4. The minimum absolute atomic E-state index is 0.274. The molecule has 3 aromatic heterocycles. The van der Waals surface area contributed by atoms with Gasteiger partial charge in [-0.15, -0.1) is 0 Å². The number of aromatic amines is 1. The van der Waals surface area contributed by atoms with Gasteiger partial charge in [0, 0.05) is 48.2 Å². The summed E-state index contributed by atoms with van der Waals surface area (Å²) in [6.45, 7) is 5.06. The molecule has 1 aliphatic heterocycles. The third kappa shape index (κ3) is 4.06. The number of anilines is 1. The van der Waals surface area contributed by atoms with E-state index < -0.39 is 11.9 Å². The van der Waals surface area contributed by atoms with E-state index in [1.807, 2.05) is 36.9 Å². The zero-order valence-corrected chi connectivity index (χ0v) is 20.2. The van der Waals surface area contributed by atoms with Crippen LogP contribution in [0.25, 0.3) is 22.2 Å². The van der Waals surface area contributed by atoms with E-state index in [-0.39, 0.29) is 5.54 Å². The van der Waals surface area contributed by atoms with Crippen LogP contribution in [-0.2, 0) is 0 Å². The molecular weight excluding hydrogens is 478 g/mol. The van der Waals surface area contributed by atoms with E-state index in [2.05, 4.69) is 20.2 Å². The standard InChI is InChI=1S/C24H23Cl2FN6O/c1-3-24(28)11-33(12-24)23-19(27)6-14(8-30-23)22-16-7-15(4-5-20(16)31-32-22)34-13(2)21-17(25)9-29-10-18(21)26/h4-10,13H,3,11-12,28H2,1-2H3,(H,31,32)/t13-/m1/s1. The quantitative estimate of drug-likeness (QED) is 0.361. The van der Waals surface area contributed by atoms with E-state index in [1.54, 1.807) is 6.20 Å². The Labute approximate surface area is 206 Å². The number of hydrogen-bond donors (Lipinski definition) is 2. The molecule has 1 saturated heterocycles. The Morgan fingerprint density at radius 3 is 2.62 bits per heavy atom. The van der Waals surface area contributed by atoms with Crippen molar-refractivity contribution in [1.82, 2.24) is 20.2 Å². The van der Waals surface area contributed by atoms with Crippen LogP contribution in [-0.4, -0.2) is 38.8 Å². The maximum atomic E-state index is 14.9. The maximum Gasteiger partial charge on any atom is 0.166 e. The van der Waals surface area contributed by atoms with E-state index in [4.69, 9.17) is 33.7 Å². The molecule has 0 radical (unpaired) electrons. The van der Waals surface area contributed by atoms with E-state index in [0.717, 1.165) is 17.3 Å². The van der Waals surface area contributed by atoms with Gasteiger partial charge in [-0.3, -0.25) is 10.1 Å². The number of rotatable bonds is 6. The van der Waals surface area contributed by atoms with Gasteiger partial charge in [-0.05, 0) is 37.6 Å². The molecule has 0 bridgehead atoms. The second-order valence-electron chi connectivity index (χ2n) is 8.66. The first-order valence-electron chi connectivity index (χ1n) is 10.9. The molecule has 5 rings (SSSR count). The fourth-order valence-corrected chi connectivity index (χ4v) is 4.91. The number of fused-ring (bicyclic) bond motifs is 1. The fraction of sp³-hybridized carbons (Fsp3) is 0.292. The van der Waals surface area contributed by atoms with Crippen molar-refractivity contribution in [2.24, 2.45) is 5.73 Å². The van der Waals surface area contributed by atoms with Crippen molar-refractivity contribution >= 4 is 39.9 Å². The van der Waals surface area contributed by atoms with Crippen molar-refractivity contribution in [1.29, 1.82) is 0 Å². The highest BCUT2D eigenvalue weighted by Crippen LogP contribution is 2.36. The number of ether oxygens (including phenoxy) is 1. The molecule has 4 aromatic rings. The SMILES string of the molecule is CCC1(N)CN(c2ncc(-c3n[nH]c4ccc(O[C@H](C)c5c(Cl)cncc5Cl)cc34)cc2F)C1. The Balaban J connectivity index is 1.42. The number of nitrogens with two attached hydrogens (primary N) is 1. The summed E-state index contributed by atoms with van der Waals surface area (Å²) in [6, 6.07) is 6.97. The van der Waals surface area contributed by atoms with Crippen LogP contribution >= 0.6 is 23.2 Å². The molecule has 0 amide bonds. The van der Waals surface area contributed by atoms with Crippen LogP contribution in [0.2, 0.25) is 10.0 Å². The first-order chi connectivity index (χ1) is 16.3. The van der Waals surface area contributed by atoms with E-state index >= 15 is 0 Å². The summed E-state index contributed by atoms with van der Waals surface area (Å²) in [5.41, 5.74) is 8.53. The Morgan fingerprint density at radius 1 is 1.21 bits per heavy atom. The molecule has 4 heterocycles. The first-order valence-corrected chi connectivity index (χ1v) is 11.7. The van der Waals surface area contributed by atoms with Gasteiger partial charge in [-0.1, -0.05) is 30.1 Å². The summed E-state index contributed by atoms with van der Waals surface area (Å²) in [7, 11) is 0. The smallest absolute Gasteiger partial charge is 0.166 e. The average molecular weight is 501 g/mol. The largest absolute Gasteiger partial charge is 0.486 e. The topological polar surface area (TPSA) is 93.0 Å². The van der Waals surface area contributed by atoms with Crippen LogP contribution in [0.4, 0.5) is 10.2 Å². The maximum absolute atomic E-state index is 14.9. The van der Waals surface area contributed by atoms with Crippen LogP contribution < -0.4 is 15.4 Å². The highest BCUT2D eigenvalue weighted by Gasteiger charge is 2.39. The zero-order chi connectivity index (χ0) is 24.0. The van der Waals surface area contributed by atoms with E-state index in [0.29, 0.717) is 51.5 Å². The van der Waals surface area contributed by atoms with Gasteiger partial charge < -0.3 is 15.4 Å². The summed E-state index contributed by atoms with van der Waals surface area (Å²) in [4.78, 5) is 10.2. The monoisotopic (exact) mass is 500 g/mol. The molecular formula is C24H23Cl2FN6O. The van der Waals surface area contributed by atoms with Crippen LogP contribution in [0.3, 0.4) is 0 Å². The molecule has 7 nitrogen and oxygen atoms in total. The lowest BCUT2D eigenvalue weighted by Gasteiger charge is -2.48. The van der Waals surface area contributed by atoms with Crippen molar-refractivity contribution in [3.05, 3.63) is 64.3 Å². The predicted octanol–water partition coefficient (Wildman–Crippen LogP) is 5.53. The molecule has 0 unspecified atom stereocenters. The molecule has 34 heavy (non-hydrogen) atoms. The van der Waals surface area contributed by atoms with Gasteiger partial charge in [0.05, 0.1) is 21.1 Å². The lowest BCUT2D eigenvalue weighted by molar-refractivity contribution is 0.227. The van der Waals surface area contributed by atoms with Gasteiger partial charge in [0.1, 0.15) is 17.5 Å². The van der Waals surface area contributed by atoms with Crippen LogP contribution in [0.1, 0.15) is 31.9 Å². The van der Waals surface area contributed by atoms with Gasteiger partial charge >= 0.3 is 0 Å². The van der Waals surface area contributed by atoms with Crippen LogP contribution in [0.5, 0.6) is 5.75 Å². The summed E-state index contributed by atoms with van der Waals surface area (Å²) in [6.07, 6.45) is 5.11. The van der Waals surface area contributed by atoms with Gasteiger partial charge in [-0.2, -0.15) is 5.10 Å². The molecule has 1 aliphatic rings. The van der Waals surface area contributed by atoms with Crippen molar-refractivity contribution in [2.45, 2.75) is 31.9 Å². The zero-order valence-electron chi connectivity index (χ0n) is 18.6.